The van der Waals surface area contributed by atoms with Crippen molar-refractivity contribution in [2.75, 3.05) is 11.1 Å². The highest BCUT2D eigenvalue weighted by Crippen LogP contribution is 2.25. The number of aromatic nitrogens is 2. The van der Waals surface area contributed by atoms with E-state index in [2.05, 4.69) is 14.9 Å². The van der Waals surface area contributed by atoms with Gasteiger partial charge in [0.05, 0.1) is 27.4 Å². The molecule has 0 saturated carbocycles. The Morgan fingerprint density at radius 3 is 2.81 bits per heavy atom. The number of nitrogens with one attached hydrogen (secondary N) is 1. The second-order valence-corrected chi connectivity index (χ2v) is 6.66. The first kappa shape index (κ1) is 17.9. The van der Waals surface area contributed by atoms with E-state index in [4.69, 9.17) is 0 Å². The summed E-state index contributed by atoms with van der Waals surface area (Å²) in [6.45, 7) is 4.59. The molecule has 1 heterocycles. The molecule has 8 heteroatoms. The fourth-order valence-electron chi connectivity index (χ4n) is 2.64. The second-order valence-electron chi connectivity index (χ2n) is 5.72. The lowest BCUT2D eigenvalue weighted by Crippen LogP contribution is -2.15. The smallest absolute Gasteiger partial charge is 0.271 e. The maximum atomic E-state index is 12.3. The highest BCUT2D eigenvalue weighted by atomic mass is 32.2. The number of amides is 1. The van der Waals surface area contributed by atoms with Gasteiger partial charge in [-0.05, 0) is 31.5 Å². The van der Waals surface area contributed by atoms with Crippen LogP contribution in [0.5, 0.6) is 0 Å². The molecular formula is C18H18N4O3S. The monoisotopic (exact) mass is 370 g/mol. The zero-order valence-corrected chi connectivity index (χ0v) is 15.2. The third kappa shape index (κ3) is 3.70. The van der Waals surface area contributed by atoms with Crippen LogP contribution in [0.25, 0.3) is 11.0 Å². The lowest BCUT2D eigenvalue weighted by atomic mass is 10.2. The van der Waals surface area contributed by atoms with Gasteiger partial charge in [0.1, 0.15) is 0 Å². The predicted molar refractivity (Wildman–Crippen MR) is 103 cm³/mol. The van der Waals surface area contributed by atoms with Gasteiger partial charge in [0.2, 0.25) is 5.91 Å². The number of carbonyl (C=O) groups is 1. The molecule has 2 aromatic carbocycles. The van der Waals surface area contributed by atoms with Crippen molar-refractivity contribution in [3.05, 3.63) is 58.1 Å². The van der Waals surface area contributed by atoms with Gasteiger partial charge in [-0.2, -0.15) is 0 Å². The van der Waals surface area contributed by atoms with Crippen LogP contribution in [0, 0.1) is 17.0 Å². The van der Waals surface area contributed by atoms with Gasteiger partial charge >= 0.3 is 0 Å². The number of hydrogen-bond acceptors (Lipinski definition) is 5. The van der Waals surface area contributed by atoms with E-state index in [-0.39, 0.29) is 17.3 Å². The van der Waals surface area contributed by atoms with Crippen LogP contribution in [0.1, 0.15) is 12.5 Å². The lowest BCUT2D eigenvalue weighted by molar-refractivity contribution is -0.384. The van der Waals surface area contributed by atoms with Crippen LogP contribution in [0.2, 0.25) is 0 Å². The molecule has 3 rings (SSSR count). The third-order valence-electron chi connectivity index (χ3n) is 3.97. The molecule has 0 atom stereocenters. The summed E-state index contributed by atoms with van der Waals surface area (Å²) in [5.74, 6) is -0.0563. The Morgan fingerprint density at radius 2 is 2.08 bits per heavy atom. The van der Waals surface area contributed by atoms with E-state index < -0.39 is 4.92 Å². The standard InChI is InChI=1S/C18H18N4O3S/c1-3-21-16-7-5-4-6-14(16)20-18(21)26-11-17(23)19-15-10-13(22(24)25)9-8-12(15)2/h4-10H,3,11H2,1-2H3,(H,19,23). The molecule has 3 aromatic rings. The number of thioether (sulfide) groups is 1. The molecule has 1 amide bonds. The minimum absolute atomic E-state index is 0.0497. The Balaban J connectivity index is 1.72. The molecule has 1 N–H and O–H groups in total. The number of aryl methyl sites for hydroxylation is 2. The quantitative estimate of drug-likeness (QED) is 0.402. The molecule has 1 aromatic heterocycles. The first-order chi connectivity index (χ1) is 12.5. The minimum atomic E-state index is -0.479. The number of hydrogen-bond donors (Lipinski definition) is 1. The summed E-state index contributed by atoms with van der Waals surface area (Å²) >= 11 is 1.35. The Kier molecular flexibility index (Phi) is 5.22. The van der Waals surface area contributed by atoms with E-state index in [1.807, 2.05) is 31.2 Å². The summed E-state index contributed by atoms with van der Waals surface area (Å²) in [5.41, 5.74) is 3.11. The summed E-state index contributed by atoms with van der Waals surface area (Å²) in [4.78, 5) is 27.3. The molecule has 0 aliphatic rings. The number of non-ortho nitro benzene ring substituents is 1. The zero-order chi connectivity index (χ0) is 18.7. The molecule has 0 aliphatic heterocycles. The number of carbonyl (C=O) groups excluding carboxylic acids is 1. The fraction of sp³-hybridized carbons (Fsp3) is 0.222. The van der Waals surface area contributed by atoms with E-state index in [0.717, 1.165) is 28.3 Å². The summed E-state index contributed by atoms with van der Waals surface area (Å²) in [5, 5.41) is 14.4. The van der Waals surface area contributed by atoms with Crippen molar-refractivity contribution in [1.82, 2.24) is 9.55 Å². The van der Waals surface area contributed by atoms with Crippen molar-refractivity contribution in [3.8, 4) is 0 Å². The van der Waals surface area contributed by atoms with Gasteiger partial charge in [-0.1, -0.05) is 30.0 Å². The number of imidazole rings is 1. The molecule has 0 radical (unpaired) electrons. The van der Waals surface area contributed by atoms with Gasteiger partial charge in [0.25, 0.3) is 5.69 Å². The highest BCUT2D eigenvalue weighted by Gasteiger charge is 2.14. The molecule has 0 bridgehead atoms. The van der Waals surface area contributed by atoms with Crippen LogP contribution in [0.4, 0.5) is 11.4 Å². The van der Waals surface area contributed by atoms with Gasteiger partial charge in [0, 0.05) is 18.7 Å². The fourth-order valence-corrected chi connectivity index (χ4v) is 3.52. The molecular weight excluding hydrogens is 352 g/mol. The maximum absolute atomic E-state index is 12.3. The molecule has 0 fully saturated rings. The van der Waals surface area contributed by atoms with Crippen LogP contribution in [0.15, 0.2) is 47.6 Å². The first-order valence-corrected chi connectivity index (χ1v) is 9.11. The largest absolute Gasteiger partial charge is 0.325 e. The minimum Gasteiger partial charge on any atom is -0.325 e. The topological polar surface area (TPSA) is 90.1 Å². The second kappa shape index (κ2) is 7.57. The number of nitrogens with zero attached hydrogens (tertiary/aromatic N) is 3. The number of nitro benzene ring substituents is 1. The lowest BCUT2D eigenvalue weighted by Gasteiger charge is -2.09. The molecule has 0 spiro atoms. The summed E-state index contributed by atoms with van der Waals surface area (Å²) in [6, 6.07) is 12.3. The maximum Gasteiger partial charge on any atom is 0.271 e. The Morgan fingerprint density at radius 1 is 1.31 bits per heavy atom. The number of rotatable bonds is 6. The van der Waals surface area contributed by atoms with Crippen molar-refractivity contribution < 1.29 is 9.72 Å². The number of benzene rings is 2. The number of fused-ring (bicyclic) bond motifs is 1. The Hall–Kier alpha value is -2.87. The van der Waals surface area contributed by atoms with Crippen LogP contribution in [-0.2, 0) is 11.3 Å². The summed E-state index contributed by atoms with van der Waals surface area (Å²) in [7, 11) is 0. The first-order valence-electron chi connectivity index (χ1n) is 8.12. The van der Waals surface area contributed by atoms with Crippen molar-refractivity contribution in [3.63, 3.8) is 0 Å². The van der Waals surface area contributed by atoms with E-state index in [1.54, 1.807) is 13.0 Å². The van der Waals surface area contributed by atoms with Gasteiger partial charge < -0.3 is 9.88 Å². The molecule has 7 nitrogen and oxygen atoms in total. The van der Waals surface area contributed by atoms with E-state index in [9.17, 15) is 14.9 Å². The Bertz CT molecular complexity index is 984. The van der Waals surface area contributed by atoms with Gasteiger partial charge in [-0.15, -0.1) is 0 Å². The molecule has 0 aliphatic carbocycles. The average Bonchev–Trinajstić information content (AvgIpc) is 2.99. The van der Waals surface area contributed by atoms with Crippen LogP contribution >= 0.6 is 11.8 Å². The summed E-state index contributed by atoms with van der Waals surface area (Å²) in [6.07, 6.45) is 0. The summed E-state index contributed by atoms with van der Waals surface area (Å²) < 4.78 is 2.06. The number of para-hydroxylation sites is 2. The molecule has 0 saturated heterocycles. The predicted octanol–water partition coefficient (Wildman–Crippen LogP) is 4.00. The Labute approximate surface area is 154 Å². The highest BCUT2D eigenvalue weighted by molar-refractivity contribution is 7.99. The van der Waals surface area contributed by atoms with Gasteiger partial charge in [0.15, 0.2) is 5.16 Å². The third-order valence-corrected chi connectivity index (χ3v) is 4.95. The van der Waals surface area contributed by atoms with Crippen molar-refractivity contribution >= 4 is 40.1 Å². The number of anilines is 1. The van der Waals surface area contributed by atoms with Crippen molar-refractivity contribution in [1.29, 1.82) is 0 Å². The van der Waals surface area contributed by atoms with Crippen molar-refractivity contribution in [2.45, 2.75) is 25.5 Å². The zero-order valence-electron chi connectivity index (χ0n) is 14.4. The average molecular weight is 370 g/mol. The van der Waals surface area contributed by atoms with Crippen LogP contribution in [-0.4, -0.2) is 26.1 Å². The number of nitro groups is 1. The van der Waals surface area contributed by atoms with Gasteiger partial charge in [-0.3, -0.25) is 14.9 Å². The van der Waals surface area contributed by atoms with Crippen LogP contribution in [0.3, 0.4) is 0 Å². The normalized spacial score (nSPS) is 10.8. The van der Waals surface area contributed by atoms with E-state index in [1.165, 1.54) is 23.9 Å². The molecule has 0 unspecified atom stereocenters. The SMILES string of the molecule is CCn1c(SCC(=O)Nc2cc([N+](=O)[O-])ccc2C)nc2ccccc21. The van der Waals surface area contributed by atoms with E-state index >= 15 is 0 Å². The van der Waals surface area contributed by atoms with Crippen LogP contribution < -0.4 is 5.32 Å². The molecule has 134 valence electrons. The van der Waals surface area contributed by atoms with Crippen molar-refractivity contribution in [2.24, 2.45) is 0 Å². The molecule has 26 heavy (non-hydrogen) atoms. The van der Waals surface area contributed by atoms with E-state index in [0.29, 0.717) is 5.69 Å². The van der Waals surface area contributed by atoms with Gasteiger partial charge in [-0.25, -0.2) is 4.98 Å².